The second-order valence-electron chi connectivity index (χ2n) is 2.59. The fraction of sp³-hybridized carbons (Fsp3) is 0.500. The third-order valence-electron chi connectivity index (χ3n) is 1.59. The zero-order valence-electron chi connectivity index (χ0n) is 7.34. The van der Waals surface area contributed by atoms with E-state index in [9.17, 15) is 4.79 Å². The molecule has 0 saturated heterocycles. The molecule has 1 amide bonds. The first kappa shape index (κ1) is 10.1. The van der Waals surface area contributed by atoms with Gasteiger partial charge in [0.1, 0.15) is 11.3 Å². The fourth-order valence-electron chi connectivity index (χ4n) is 0.881. The van der Waals surface area contributed by atoms with Crippen LogP contribution in [0.4, 0.5) is 0 Å². The van der Waals surface area contributed by atoms with E-state index in [0.717, 1.165) is 6.42 Å². The average Bonchev–Trinajstić information content (AvgIpc) is 2.52. The van der Waals surface area contributed by atoms with E-state index >= 15 is 0 Å². The summed E-state index contributed by atoms with van der Waals surface area (Å²) in [5, 5.41) is 6.21. The molecule has 1 heterocycles. The molecule has 5 heteroatoms. The van der Waals surface area contributed by atoms with Crippen molar-refractivity contribution in [2.75, 3.05) is 12.4 Å². The summed E-state index contributed by atoms with van der Waals surface area (Å²) in [5.41, 5.74) is 0.481. The van der Waals surface area contributed by atoms with Crippen molar-refractivity contribution in [3.63, 3.8) is 0 Å². The van der Waals surface area contributed by atoms with Crippen molar-refractivity contribution in [3.05, 3.63) is 17.5 Å². The van der Waals surface area contributed by atoms with Crippen molar-refractivity contribution in [2.45, 2.75) is 13.3 Å². The van der Waals surface area contributed by atoms with Crippen LogP contribution in [0.1, 0.15) is 22.5 Å². The van der Waals surface area contributed by atoms with E-state index in [1.807, 2.05) is 0 Å². The first-order valence-corrected chi connectivity index (χ1v) is 4.54. The second kappa shape index (κ2) is 4.87. The van der Waals surface area contributed by atoms with Crippen molar-refractivity contribution in [1.82, 2.24) is 10.5 Å². The van der Waals surface area contributed by atoms with Crippen molar-refractivity contribution >= 4 is 17.5 Å². The number of amides is 1. The molecule has 0 unspecified atom stereocenters. The second-order valence-corrected chi connectivity index (χ2v) is 2.97. The molecule has 0 aliphatic carbocycles. The van der Waals surface area contributed by atoms with Crippen LogP contribution in [-0.4, -0.2) is 23.5 Å². The lowest BCUT2D eigenvalue weighted by molar-refractivity contribution is 0.0952. The summed E-state index contributed by atoms with van der Waals surface area (Å²) in [6.07, 6.45) is 2.17. The van der Waals surface area contributed by atoms with Gasteiger partial charge in [-0.2, -0.15) is 0 Å². The zero-order chi connectivity index (χ0) is 9.68. The number of hydrogen-bond acceptors (Lipinski definition) is 3. The summed E-state index contributed by atoms with van der Waals surface area (Å²) in [6.45, 7) is 2.27. The maximum Gasteiger partial charge on any atom is 0.256 e. The molecule has 1 aromatic rings. The van der Waals surface area contributed by atoms with E-state index in [1.165, 1.54) is 6.20 Å². The summed E-state index contributed by atoms with van der Waals surface area (Å²) in [6, 6.07) is 0. The van der Waals surface area contributed by atoms with E-state index < -0.39 is 0 Å². The smallest absolute Gasteiger partial charge is 0.256 e. The van der Waals surface area contributed by atoms with Gasteiger partial charge in [0.05, 0.1) is 6.20 Å². The molecule has 0 bridgehead atoms. The summed E-state index contributed by atoms with van der Waals surface area (Å²) >= 11 is 5.46. The van der Waals surface area contributed by atoms with Gasteiger partial charge in [0.25, 0.3) is 5.91 Å². The Morgan fingerprint density at radius 1 is 1.77 bits per heavy atom. The first-order valence-electron chi connectivity index (χ1n) is 4.01. The van der Waals surface area contributed by atoms with Crippen LogP contribution in [0, 0.1) is 6.92 Å². The lowest BCUT2D eigenvalue weighted by Crippen LogP contribution is -2.24. The number of carbonyl (C=O) groups is 1. The highest BCUT2D eigenvalue weighted by atomic mass is 35.5. The van der Waals surface area contributed by atoms with Gasteiger partial charge in [-0.25, -0.2) is 0 Å². The zero-order valence-corrected chi connectivity index (χ0v) is 8.10. The van der Waals surface area contributed by atoms with Crippen molar-refractivity contribution in [1.29, 1.82) is 0 Å². The molecule has 4 nitrogen and oxygen atoms in total. The Labute approximate surface area is 81.2 Å². The first-order chi connectivity index (χ1) is 6.25. The number of rotatable bonds is 4. The van der Waals surface area contributed by atoms with Gasteiger partial charge in [-0.3, -0.25) is 4.79 Å². The minimum Gasteiger partial charge on any atom is -0.361 e. The van der Waals surface area contributed by atoms with Crippen LogP contribution in [0.3, 0.4) is 0 Å². The van der Waals surface area contributed by atoms with Crippen LogP contribution < -0.4 is 5.32 Å². The largest absolute Gasteiger partial charge is 0.361 e. The van der Waals surface area contributed by atoms with E-state index in [-0.39, 0.29) is 5.91 Å². The number of aromatic nitrogens is 1. The predicted molar refractivity (Wildman–Crippen MR) is 48.9 cm³/mol. The molecule has 0 aliphatic rings. The minimum absolute atomic E-state index is 0.163. The van der Waals surface area contributed by atoms with Crippen molar-refractivity contribution < 1.29 is 9.32 Å². The summed E-state index contributed by atoms with van der Waals surface area (Å²) in [7, 11) is 0. The van der Waals surface area contributed by atoms with Crippen LogP contribution in [0.25, 0.3) is 0 Å². The van der Waals surface area contributed by atoms with Gasteiger partial charge in [-0.05, 0) is 13.3 Å². The van der Waals surface area contributed by atoms with Gasteiger partial charge < -0.3 is 9.84 Å². The molecule has 0 saturated carbocycles. The van der Waals surface area contributed by atoms with Gasteiger partial charge in [0, 0.05) is 12.4 Å². The van der Waals surface area contributed by atoms with Gasteiger partial charge in [0.2, 0.25) is 0 Å². The SMILES string of the molecule is Cc1oncc1C(=O)NCCCCl. The number of halogens is 1. The molecule has 0 atom stereocenters. The van der Waals surface area contributed by atoms with E-state index in [1.54, 1.807) is 6.92 Å². The monoisotopic (exact) mass is 202 g/mol. The predicted octanol–water partition coefficient (Wildman–Crippen LogP) is 1.34. The highest BCUT2D eigenvalue weighted by molar-refractivity contribution is 6.17. The number of aryl methyl sites for hydroxylation is 1. The van der Waals surface area contributed by atoms with Crippen LogP contribution in [-0.2, 0) is 0 Å². The van der Waals surface area contributed by atoms with Crippen LogP contribution in [0.2, 0.25) is 0 Å². The summed E-state index contributed by atoms with van der Waals surface area (Å²) < 4.78 is 4.76. The minimum atomic E-state index is -0.163. The Hall–Kier alpha value is -1.03. The highest BCUT2D eigenvalue weighted by Gasteiger charge is 2.11. The highest BCUT2D eigenvalue weighted by Crippen LogP contribution is 2.04. The molecule has 72 valence electrons. The Morgan fingerprint density at radius 3 is 3.08 bits per heavy atom. The van der Waals surface area contributed by atoms with Crippen molar-refractivity contribution in [2.24, 2.45) is 0 Å². The molecule has 0 spiro atoms. The maximum absolute atomic E-state index is 11.3. The molecule has 1 N–H and O–H groups in total. The fourth-order valence-corrected chi connectivity index (χ4v) is 1.01. The van der Waals surface area contributed by atoms with E-state index in [2.05, 4.69) is 10.5 Å². The molecule has 1 rings (SSSR count). The third-order valence-corrected chi connectivity index (χ3v) is 1.86. The Morgan fingerprint density at radius 2 is 2.54 bits per heavy atom. The van der Waals surface area contributed by atoms with E-state index in [4.69, 9.17) is 16.1 Å². The Bertz CT molecular complexity index is 285. The lowest BCUT2D eigenvalue weighted by Gasteiger charge is -2.00. The Kier molecular flexibility index (Phi) is 3.76. The van der Waals surface area contributed by atoms with Gasteiger partial charge in [-0.15, -0.1) is 11.6 Å². The molecular formula is C8H11ClN2O2. The average molecular weight is 203 g/mol. The van der Waals surface area contributed by atoms with Crippen LogP contribution in [0.15, 0.2) is 10.7 Å². The molecule has 0 radical (unpaired) electrons. The molecule has 0 aromatic carbocycles. The van der Waals surface area contributed by atoms with Crippen molar-refractivity contribution in [3.8, 4) is 0 Å². The Balaban J connectivity index is 2.45. The topological polar surface area (TPSA) is 55.1 Å². The number of nitrogens with one attached hydrogen (secondary N) is 1. The van der Waals surface area contributed by atoms with Crippen LogP contribution in [0.5, 0.6) is 0 Å². The quantitative estimate of drug-likeness (QED) is 0.592. The third kappa shape index (κ3) is 2.73. The number of alkyl halides is 1. The normalized spacial score (nSPS) is 10.0. The van der Waals surface area contributed by atoms with Gasteiger partial charge in [0.15, 0.2) is 0 Å². The number of carbonyl (C=O) groups excluding carboxylic acids is 1. The summed E-state index contributed by atoms with van der Waals surface area (Å²) in [5.74, 6) is 0.912. The number of hydrogen-bond donors (Lipinski definition) is 1. The van der Waals surface area contributed by atoms with Gasteiger partial charge in [-0.1, -0.05) is 5.16 Å². The lowest BCUT2D eigenvalue weighted by atomic mass is 10.2. The summed E-state index contributed by atoms with van der Waals surface area (Å²) in [4.78, 5) is 11.3. The number of nitrogens with zero attached hydrogens (tertiary/aromatic N) is 1. The van der Waals surface area contributed by atoms with E-state index in [0.29, 0.717) is 23.7 Å². The maximum atomic E-state index is 11.3. The molecule has 0 fully saturated rings. The van der Waals surface area contributed by atoms with Gasteiger partial charge >= 0.3 is 0 Å². The van der Waals surface area contributed by atoms with Crippen LogP contribution >= 0.6 is 11.6 Å². The molecular weight excluding hydrogens is 192 g/mol. The molecule has 0 aliphatic heterocycles. The molecule has 13 heavy (non-hydrogen) atoms. The molecule has 1 aromatic heterocycles. The standard InChI is InChI=1S/C8H11ClN2O2/c1-6-7(5-11-13-6)8(12)10-4-2-3-9/h5H,2-4H2,1H3,(H,10,12).